The summed E-state index contributed by atoms with van der Waals surface area (Å²) in [6.07, 6.45) is 0. The minimum absolute atomic E-state index is 0.0822. The third kappa shape index (κ3) is 3.09. The highest BCUT2D eigenvalue weighted by atomic mass is 32.1. The lowest BCUT2D eigenvalue weighted by Crippen LogP contribution is -2.46. The highest BCUT2D eigenvalue weighted by molar-refractivity contribution is 7.15. The Balaban J connectivity index is 1.67. The van der Waals surface area contributed by atoms with Gasteiger partial charge in [0.2, 0.25) is 5.13 Å². The van der Waals surface area contributed by atoms with Crippen LogP contribution < -0.4 is 9.80 Å². The second kappa shape index (κ2) is 5.88. The molecule has 0 spiro atoms. The Morgan fingerprint density at radius 1 is 0.955 bits per heavy atom. The molecule has 2 aromatic rings. The fraction of sp³-hybridized carbons (Fsp3) is 0.529. The molecule has 0 radical (unpaired) electrons. The molecule has 0 atom stereocenters. The van der Waals surface area contributed by atoms with Crippen LogP contribution in [0.15, 0.2) is 24.3 Å². The highest BCUT2D eigenvalue weighted by Crippen LogP contribution is 2.30. The van der Waals surface area contributed by atoms with Crippen molar-refractivity contribution in [1.29, 1.82) is 0 Å². The van der Waals surface area contributed by atoms with E-state index in [1.165, 1.54) is 11.3 Å². The first-order valence-corrected chi connectivity index (χ1v) is 8.66. The first kappa shape index (κ1) is 15.3. The van der Waals surface area contributed by atoms with Gasteiger partial charge in [-0.05, 0) is 18.6 Å². The van der Waals surface area contributed by atoms with Gasteiger partial charge >= 0.3 is 0 Å². The molecule has 0 saturated carbocycles. The molecule has 0 unspecified atom stereocenters. The maximum absolute atomic E-state index is 4.40. The lowest BCUT2D eigenvalue weighted by molar-refractivity contribution is 0.577. The topological polar surface area (TPSA) is 32.3 Å². The minimum Gasteiger partial charge on any atom is -0.368 e. The zero-order valence-electron chi connectivity index (χ0n) is 13.8. The molecule has 1 aliphatic rings. The van der Waals surface area contributed by atoms with Crippen LogP contribution in [0.25, 0.3) is 0 Å². The summed E-state index contributed by atoms with van der Waals surface area (Å²) in [5.41, 5.74) is 2.79. The van der Waals surface area contributed by atoms with Gasteiger partial charge in [0.1, 0.15) is 5.01 Å². The summed E-state index contributed by atoms with van der Waals surface area (Å²) in [6.45, 7) is 12.8. The Labute approximate surface area is 136 Å². The molecule has 1 aliphatic heterocycles. The van der Waals surface area contributed by atoms with Crippen LogP contribution in [0.3, 0.4) is 0 Å². The molecule has 1 fully saturated rings. The standard InChI is InChI=1S/C17H24N4S/c1-13-7-5-6-8-14(13)20-9-11-21(12-10-20)16-19-18-15(22-16)17(2,3)4/h5-8H,9-12H2,1-4H3. The van der Waals surface area contributed by atoms with Gasteiger partial charge in [-0.2, -0.15) is 0 Å². The molecule has 118 valence electrons. The molecule has 0 N–H and O–H groups in total. The second-order valence-corrected chi connectivity index (χ2v) is 7.86. The largest absolute Gasteiger partial charge is 0.368 e. The van der Waals surface area contributed by atoms with E-state index in [1.54, 1.807) is 11.3 Å². The molecule has 22 heavy (non-hydrogen) atoms. The average molecular weight is 316 g/mol. The van der Waals surface area contributed by atoms with Gasteiger partial charge in [0.25, 0.3) is 0 Å². The first-order chi connectivity index (χ1) is 10.4. The van der Waals surface area contributed by atoms with Crippen molar-refractivity contribution in [3.8, 4) is 0 Å². The van der Waals surface area contributed by atoms with Gasteiger partial charge in [0.15, 0.2) is 0 Å². The number of aromatic nitrogens is 2. The monoisotopic (exact) mass is 316 g/mol. The van der Waals surface area contributed by atoms with Crippen LogP contribution in [-0.2, 0) is 5.41 Å². The number of rotatable bonds is 2. The molecule has 4 nitrogen and oxygen atoms in total. The van der Waals surface area contributed by atoms with Crippen molar-refractivity contribution in [3.05, 3.63) is 34.8 Å². The summed E-state index contributed by atoms with van der Waals surface area (Å²) in [6, 6.07) is 8.62. The van der Waals surface area contributed by atoms with Gasteiger partial charge in [-0.25, -0.2) is 0 Å². The third-order valence-electron chi connectivity index (χ3n) is 4.06. The number of aryl methyl sites for hydroxylation is 1. The van der Waals surface area contributed by atoms with Crippen molar-refractivity contribution >= 4 is 22.2 Å². The van der Waals surface area contributed by atoms with Gasteiger partial charge in [0.05, 0.1) is 0 Å². The van der Waals surface area contributed by atoms with Crippen LogP contribution in [0.5, 0.6) is 0 Å². The van der Waals surface area contributed by atoms with E-state index >= 15 is 0 Å². The van der Waals surface area contributed by atoms with E-state index < -0.39 is 0 Å². The quantitative estimate of drug-likeness (QED) is 0.849. The van der Waals surface area contributed by atoms with E-state index in [2.05, 4.69) is 72.0 Å². The predicted octanol–water partition coefficient (Wildman–Crippen LogP) is 3.47. The third-order valence-corrected chi connectivity index (χ3v) is 5.47. The Kier molecular flexibility index (Phi) is 4.08. The summed E-state index contributed by atoms with van der Waals surface area (Å²) in [4.78, 5) is 4.83. The summed E-state index contributed by atoms with van der Waals surface area (Å²) in [7, 11) is 0. The maximum atomic E-state index is 4.40. The van der Waals surface area contributed by atoms with Gasteiger partial charge in [-0.3, -0.25) is 0 Å². The van der Waals surface area contributed by atoms with Crippen molar-refractivity contribution < 1.29 is 0 Å². The number of anilines is 2. The van der Waals surface area contributed by atoms with Crippen LogP contribution in [0.1, 0.15) is 31.3 Å². The Morgan fingerprint density at radius 3 is 2.18 bits per heavy atom. The normalized spacial score (nSPS) is 16.2. The molecule has 1 saturated heterocycles. The van der Waals surface area contributed by atoms with Crippen LogP contribution in [-0.4, -0.2) is 36.4 Å². The van der Waals surface area contributed by atoms with E-state index in [0.29, 0.717) is 0 Å². The molecule has 1 aromatic heterocycles. The smallest absolute Gasteiger partial charge is 0.208 e. The Morgan fingerprint density at radius 2 is 1.59 bits per heavy atom. The van der Waals surface area contributed by atoms with Crippen molar-refractivity contribution in [2.45, 2.75) is 33.1 Å². The first-order valence-electron chi connectivity index (χ1n) is 7.84. The van der Waals surface area contributed by atoms with Gasteiger partial charge in [0, 0.05) is 37.3 Å². The van der Waals surface area contributed by atoms with Crippen LogP contribution in [0.2, 0.25) is 0 Å². The minimum atomic E-state index is 0.0822. The van der Waals surface area contributed by atoms with E-state index in [4.69, 9.17) is 0 Å². The summed E-state index contributed by atoms with van der Waals surface area (Å²) in [5, 5.41) is 10.9. The molecular formula is C17H24N4S. The zero-order valence-corrected chi connectivity index (χ0v) is 14.7. The Bertz CT molecular complexity index is 636. The van der Waals surface area contributed by atoms with Crippen LogP contribution in [0.4, 0.5) is 10.8 Å². The number of hydrogen-bond donors (Lipinski definition) is 0. The van der Waals surface area contributed by atoms with E-state index in [9.17, 15) is 0 Å². The summed E-state index contributed by atoms with van der Waals surface area (Å²) >= 11 is 1.73. The fourth-order valence-electron chi connectivity index (χ4n) is 2.70. The molecule has 5 heteroatoms. The SMILES string of the molecule is Cc1ccccc1N1CCN(c2nnc(C(C)(C)C)s2)CC1. The molecule has 0 amide bonds. The number of benzene rings is 1. The predicted molar refractivity (Wildman–Crippen MR) is 94.2 cm³/mol. The van der Waals surface area contributed by atoms with E-state index in [0.717, 1.165) is 36.3 Å². The number of nitrogens with zero attached hydrogens (tertiary/aromatic N) is 4. The fourth-order valence-corrected chi connectivity index (χ4v) is 3.66. The summed E-state index contributed by atoms with van der Waals surface area (Å²) in [5.74, 6) is 0. The number of hydrogen-bond acceptors (Lipinski definition) is 5. The van der Waals surface area contributed by atoms with Crippen LogP contribution in [0, 0.1) is 6.92 Å². The molecular weight excluding hydrogens is 292 g/mol. The average Bonchev–Trinajstić information content (AvgIpc) is 2.98. The van der Waals surface area contributed by atoms with E-state index in [1.807, 2.05) is 0 Å². The highest BCUT2D eigenvalue weighted by Gasteiger charge is 2.24. The second-order valence-electron chi connectivity index (χ2n) is 6.90. The van der Waals surface area contributed by atoms with Crippen molar-refractivity contribution in [2.24, 2.45) is 0 Å². The maximum Gasteiger partial charge on any atom is 0.208 e. The lowest BCUT2D eigenvalue weighted by atomic mass is 9.98. The van der Waals surface area contributed by atoms with Gasteiger partial charge < -0.3 is 9.80 Å². The Hall–Kier alpha value is -1.62. The molecule has 1 aromatic carbocycles. The molecule has 3 rings (SSSR count). The van der Waals surface area contributed by atoms with Crippen molar-refractivity contribution in [1.82, 2.24) is 10.2 Å². The molecule has 2 heterocycles. The number of para-hydroxylation sites is 1. The van der Waals surface area contributed by atoms with Gasteiger partial charge in [-0.1, -0.05) is 50.3 Å². The zero-order chi connectivity index (χ0) is 15.7. The van der Waals surface area contributed by atoms with E-state index in [-0.39, 0.29) is 5.41 Å². The lowest BCUT2D eigenvalue weighted by Gasteiger charge is -2.36. The summed E-state index contributed by atoms with van der Waals surface area (Å²) < 4.78 is 0. The van der Waals surface area contributed by atoms with Crippen LogP contribution >= 0.6 is 11.3 Å². The van der Waals surface area contributed by atoms with Crippen molar-refractivity contribution in [3.63, 3.8) is 0 Å². The number of piperazine rings is 1. The van der Waals surface area contributed by atoms with Crippen molar-refractivity contribution in [2.75, 3.05) is 36.0 Å². The molecule has 0 bridgehead atoms. The van der Waals surface area contributed by atoms with Gasteiger partial charge in [-0.15, -0.1) is 10.2 Å². The molecule has 0 aliphatic carbocycles.